The van der Waals surface area contributed by atoms with Crippen LogP contribution in [0.2, 0.25) is 0 Å². The van der Waals surface area contributed by atoms with Gasteiger partial charge in [-0.05, 0) is 31.9 Å². The molecule has 0 saturated heterocycles. The van der Waals surface area contributed by atoms with E-state index in [0.29, 0.717) is 6.04 Å². The SMILES string of the molecule is CCN(c1cc(OC)ccc1/C(N)=N/O)C1CC1. The summed E-state index contributed by atoms with van der Waals surface area (Å²) in [6, 6.07) is 6.15. The minimum Gasteiger partial charge on any atom is -0.497 e. The van der Waals surface area contributed by atoms with Crippen molar-refractivity contribution in [3.8, 4) is 5.75 Å². The van der Waals surface area contributed by atoms with Crippen LogP contribution in [0.4, 0.5) is 5.69 Å². The van der Waals surface area contributed by atoms with Crippen molar-refractivity contribution in [2.45, 2.75) is 25.8 Å². The van der Waals surface area contributed by atoms with Gasteiger partial charge in [-0.25, -0.2) is 0 Å². The van der Waals surface area contributed by atoms with Crippen molar-refractivity contribution in [2.24, 2.45) is 10.9 Å². The van der Waals surface area contributed by atoms with Gasteiger partial charge in [0.15, 0.2) is 5.84 Å². The molecule has 3 N–H and O–H groups in total. The zero-order valence-electron chi connectivity index (χ0n) is 10.8. The molecule has 5 nitrogen and oxygen atoms in total. The first kappa shape index (κ1) is 12.5. The van der Waals surface area contributed by atoms with E-state index >= 15 is 0 Å². The van der Waals surface area contributed by atoms with Crippen LogP contribution in [0.15, 0.2) is 23.4 Å². The lowest BCUT2D eigenvalue weighted by molar-refractivity contribution is 0.318. The molecule has 0 spiro atoms. The molecule has 0 aromatic heterocycles. The number of nitrogens with zero attached hydrogens (tertiary/aromatic N) is 2. The Hall–Kier alpha value is -1.91. The molecule has 1 aromatic carbocycles. The zero-order valence-corrected chi connectivity index (χ0v) is 10.8. The Labute approximate surface area is 107 Å². The molecule has 0 heterocycles. The molecule has 1 aromatic rings. The van der Waals surface area contributed by atoms with Crippen LogP contribution in [0.3, 0.4) is 0 Å². The highest BCUT2D eigenvalue weighted by Gasteiger charge is 2.30. The van der Waals surface area contributed by atoms with Crippen LogP contribution in [-0.2, 0) is 0 Å². The van der Waals surface area contributed by atoms with E-state index in [1.54, 1.807) is 7.11 Å². The number of hydrogen-bond donors (Lipinski definition) is 2. The maximum Gasteiger partial charge on any atom is 0.172 e. The average Bonchev–Trinajstić information content (AvgIpc) is 3.23. The first-order valence-corrected chi connectivity index (χ1v) is 6.13. The predicted octanol–water partition coefficient (Wildman–Crippen LogP) is 1.78. The maximum atomic E-state index is 8.86. The van der Waals surface area contributed by atoms with E-state index in [1.807, 2.05) is 18.2 Å². The molecule has 0 unspecified atom stereocenters. The molecule has 0 aliphatic heterocycles. The lowest BCUT2D eigenvalue weighted by Crippen LogP contribution is -2.28. The van der Waals surface area contributed by atoms with Gasteiger partial charge in [0.05, 0.1) is 12.8 Å². The highest BCUT2D eigenvalue weighted by Crippen LogP contribution is 2.35. The molecule has 2 rings (SSSR count). The largest absolute Gasteiger partial charge is 0.497 e. The molecule has 5 heteroatoms. The fraction of sp³-hybridized carbons (Fsp3) is 0.462. The smallest absolute Gasteiger partial charge is 0.172 e. The normalized spacial score (nSPS) is 15.6. The van der Waals surface area contributed by atoms with Gasteiger partial charge in [0.2, 0.25) is 0 Å². The first-order valence-electron chi connectivity index (χ1n) is 6.13. The van der Waals surface area contributed by atoms with Crippen LogP contribution >= 0.6 is 0 Å². The minimum absolute atomic E-state index is 0.131. The van der Waals surface area contributed by atoms with E-state index in [-0.39, 0.29) is 5.84 Å². The van der Waals surface area contributed by atoms with Crippen LogP contribution in [0, 0.1) is 0 Å². The topological polar surface area (TPSA) is 71.1 Å². The second-order valence-electron chi connectivity index (χ2n) is 4.39. The van der Waals surface area contributed by atoms with Gasteiger partial charge in [-0.3, -0.25) is 0 Å². The Morgan fingerprint density at radius 3 is 2.78 bits per heavy atom. The fourth-order valence-electron chi connectivity index (χ4n) is 2.16. The number of nitrogens with two attached hydrogens (primary N) is 1. The molecule has 1 aliphatic rings. The van der Waals surface area contributed by atoms with Crippen molar-refractivity contribution >= 4 is 11.5 Å². The van der Waals surface area contributed by atoms with Crippen molar-refractivity contribution < 1.29 is 9.94 Å². The lowest BCUT2D eigenvalue weighted by atomic mass is 10.1. The number of amidine groups is 1. The number of anilines is 1. The van der Waals surface area contributed by atoms with E-state index in [2.05, 4.69) is 17.0 Å². The number of benzene rings is 1. The zero-order chi connectivity index (χ0) is 13.1. The Kier molecular flexibility index (Phi) is 3.60. The molecule has 1 fully saturated rings. The number of hydrogen-bond acceptors (Lipinski definition) is 4. The van der Waals surface area contributed by atoms with Crippen molar-refractivity contribution in [1.29, 1.82) is 0 Å². The Morgan fingerprint density at radius 2 is 2.28 bits per heavy atom. The van der Waals surface area contributed by atoms with Gasteiger partial charge < -0.3 is 20.6 Å². The quantitative estimate of drug-likeness (QED) is 0.361. The van der Waals surface area contributed by atoms with Gasteiger partial charge in [-0.1, -0.05) is 5.16 Å². The highest BCUT2D eigenvalue weighted by molar-refractivity contribution is 6.02. The van der Waals surface area contributed by atoms with E-state index in [1.165, 1.54) is 12.8 Å². The summed E-state index contributed by atoms with van der Waals surface area (Å²) in [5.74, 6) is 0.908. The van der Waals surface area contributed by atoms with Crippen LogP contribution in [0.25, 0.3) is 0 Å². The van der Waals surface area contributed by atoms with Gasteiger partial charge in [0, 0.05) is 24.2 Å². The Morgan fingerprint density at radius 1 is 1.56 bits per heavy atom. The summed E-state index contributed by atoms with van der Waals surface area (Å²) in [7, 11) is 1.63. The standard InChI is InChI=1S/C13H19N3O2/c1-3-16(9-4-5-9)12-8-10(18-2)6-7-11(12)13(14)15-17/h6-9,17H,3-5H2,1-2H3,(H2,14,15). The highest BCUT2D eigenvalue weighted by atomic mass is 16.5. The lowest BCUT2D eigenvalue weighted by Gasteiger charge is -2.25. The molecule has 0 bridgehead atoms. The summed E-state index contributed by atoms with van der Waals surface area (Å²) in [5.41, 5.74) is 7.44. The summed E-state index contributed by atoms with van der Waals surface area (Å²) in [4.78, 5) is 2.27. The maximum absolute atomic E-state index is 8.86. The summed E-state index contributed by atoms with van der Waals surface area (Å²) >= 11 is 0. The van der Waals surface area contributed by atoms with Crippen molar-refractivity contribution in [2.75, 3.05) is 18.6 Å². The van der Waals surface area contributed by atoms with Gasteiger partial charge in [-0.2, -0.15) is 0 Å². The number of rotatable bonds is 5. The predicted molar refractivity (Wildman–Crippen MR) is 71.5 cm³/mol. The third-order valence-corrected chi connectivity index (χ3v) is 3.23. The molecule has 0 radical (unpaired) electrons. The van der Waals surface area contributed by atoms with Crippen molar-refractivity contribution in [3.63, 3.8) is 0 Å². The van der Waals surface area contributed by atoms with Crippen LogP contribution in [0.1, 0.15) is 25.3 Å². The Balaban J connectivity index is 2.45. The molecule has 98 valence electrons. The fourth-order valence-corrected chi connectivity index (χ4v) is 2.16. The monoisotopic (exact) mass is 249 g/mol. The van der Waals surface area contributed by atoms with Gasteiger partial charge in [-0.15, -0.1) is 0 Å². The van der Waals surface area contributed by atoms with Crippen LogP contribution in [0.5, 0.6) is 5.75 Å². The molecular weight excluding hydrogens is 230 g/mol. The summed E-state index contributed by atoms with van der Waals surface area (Å²) in [6.45, 7) is 3.00. The summed E-state index contributed by atoms with van der Waals surface area (Å²) in [5, 5.41) is 12.0. The molecule has 18 heavy (non-hydrogen) atoms. The average molecular weight is 249 g/mol. The third-order valence-electron chi connectivity index (χ3n) is 3.23. The van der Waals surface area contributed by atoms with Gasteiger partial charge in [0.25, 0.3) is 0 Å². The molecule has 1 aliphatic carbocycles. The Bertz CT molecular complexity index is 456. The number of methoxy groups -OCH3 is 1. The van der Waals surface area contributed by atoms with Gasteiger partial charge >= 0.3 is 0 Å². The van der Waals surface area contributed by atoms with Gasteiger partial charge in [0.1, 0.15) is 5.75 Å². The second kappa shape index (κ2) is 5.16. The minimum atomic E-state index is 0.131. The first-order chi connectivity index (χ1) is 8.71. The number of oxime groups is 1. The second-order valence-corrected chi connectivity index (χ2v) is 4.39. The van der Waals surface area contributed by atoms with Crippen molar-refractivity contribution in [1.82, 2.24) is 0 Å². The molecule has 1 saturated carbocycles. The van der Waals surface area contributed by atoms with E-state index in [9.17, 15) is 0 Å². The van der Waals surface area contributed by atoms with Crippen LogP contribution < -0.4 is 15.4 Å². The molecule has 0 atom stereocenters. The van der Waals surface area contributed by atoms with Crippen molar-refractivity contribution in [3.05, 3.63) is 23.8 Å². The summed E-state index contributed by atoms with van der Waals surface area (Å²) in [6.07, 6.45) is 2.39. The van der Waals surface area contributed by atoms with Crippen LogP contribution in [-0.4, -0.2) is 30.7 Å². The van der Waals surface area contributed by atoms with E-state index in [4.69, 9.17) is 15.7 Å². The molecular formula is C13H19N3O2. The summed E-state index contributed by atoms with van der Waals surface area (Å²) < 4.78 is 5.25. The number of ether oxygens (including phenoxy) is 1. The van der Waals surface area contributed by atoms with E-state index < -0.39 is 0 Å². The van der Waals surface area contributed by atoms with E-state index in [0.717, 1.165) is 23.5 Å². The third kappa shape index (κ3) is 2.34. The molecule has 0 amide bonds.